The van der Waals surface area contributed by atoms with Crippen LogP contribution in [0, 0.1) is 6.92 Å². The fourth-order valence-electron chi connectivity index (χ4n) is 2.63. The Balaban J connectivity index is 2.25. The molecule has 2 rings (SSSR count). The van der Waals surface area contributed by atoms with Crippen LogP contribution in [0.25, 0.3) is 0 Å². The largest absolute Gasteiger partial charge is 0.370 e. The molecule has 0 bridgehead atoms. The zero-order chi connectivity index (χ0) is 15.2. The van der Waals surface area contributed by atoms with Gasteiger partial charge in [-0.05, 0) is 26.3 Å². The Hall–Kier alpha value is -1.20. The summed E-state index contributed by atoms with van der Waals surface area (Å²) < 4.78 is 5.90. The lowest BCUT2D eigenvalue weighted by Crippen LogP contribution is -2.38. The Bertz CT molecular complexity index is 464. The summed E-state index contributed by atoms with van der Waals surface area (Å²) in [7, 11) is 0. The van der Waals surface area contributed by atoms with Gasteiger partial charge in [0.2, 0.25) is 0 Å². The third-order valence-electron chi connectivity index (χ3n) is 4.03. The molecular weight excluding hydrogens is 264 g/mol. The van der Waals surface area contributed by atoms with E-state index >= 15 is 0 Å². The van der Waals surface area contributed by atoms with Crippen molar-refractivity contribution in [2.45, 2.75) is 46.6 Å². The van der Waals surface area contributed by atoms with E-state index in [9.17, 15) is 0 Å². The molecule has 0 saturated carbocycles. The molecule has 1 aliphatic rings. The van der Waals surface area contributed by atoms with Crippen LogP contribution in [0.15, 0.2) is 0 Å². The molecule has 118 valence electrons. The molecule has 1 N–H and O–H groups in total. The van der Waals surface area contributed by atoms with Crippen molar-refractivity contribution >= 4 is 5.82 Å². The predicted molar refractivity (Wildman–Crippen MR) is 85.7 cm³/mol. The summed E-state index contributed by atoms with van der Waals surface area (Å²) in [4.78, 5) is 11.9. The van der Waals surface area contributed by atoms with Crippen molar-refractivity contribution in [3.05, 3.63) is 17.1 Å². The Morgan fingerprint density at radius 1 is 1.29 bits per heavy atom. The minimum Gasteiger partial charge on any atom is -0.370 e. The number of anilines is 1. The molecule has 0 radical (unpaired) electrons. The summed E-state index contributed by atoms with van der Waals surface area (Å²) in [6, 6.07) is 0. The fraction of sp³-hybridized carbons (Fsp3) is 0.750. The number of ether oxygens (including phenoxy) is 1. The molecular formula is C16H28N4O. The first kappa shape index (κ1) is 16.2. The summed E-state index contributed by atoms with van der Waals surface area (Å²) >= 11 is 0. The molecule has 1 unspecified atom stereocenters. The Morgan fingerprint density at radius 3 is 2.76 bits per heavy atom. The number of rotatable bonds is 6. The summed E-state index contributed by atoms with van der Waals surface area (Å²) in [5, 5.41) is 3.42. The van der Waals surface area contributed by atoms with Crippen LogP contribution in [0.1, 0.15) is 50.4 Å². The summed E-state index contributed by atoms with van der Waals surface area (Å²) in [5.41, 5.74) is 2.29. The maximum absolute atomic E-state index is 5.90. The molecule has 1 atom stereocenters. The van der Waals surface area contributed by atoms with Crippen LogP contribution in [0.4, 0.5) is 5.82 Å². The normalized spacial score (nSPS) is 19.7. The smallest absolute Gasteiger partial charge is 0.161 e. The van der Waals surface area contributed by atoms with Gasteiger partial charge in [0.05, 0.1) is 6.61 Å². The van der Waals surface area contributed by atoms with Gasteiger partial charge < -0.3 is 10.1 Å². The Morgan fingerprint density at radius 2 is 2.10 bits per heavy atom. The zero-order valence-corrected chi connectivity index (χ0v) is 13.8. The second kappa shape index (κ2) is 7.71. The molecule has 1 fully saturated rings. The number of likely N-dealkylation sites (N-methyl/N-ethyl adjacent to an activating group) is 1. The molecule has 0 aromatic carbocycles. The minimum atomic E-state index is -0.00761. The maximum Gasteiger partial charge on any atom is 0.161 e. The topological polar surface area (TPSA) is 50.3 Å². The van der Waals surface area contributed by atoms with E-state index < -0.39 is 0 Å². The maximum atomic E-state index is 5.90. The van der Waals surface area contributed by atoms with Crippen LogP contribution in [0.5, 0.6) is 0 Å². The molecule has 1 aromatic heterocycles. The van der Waals surface area contributed by atoms with E-state index in [1.54, 1.807) is 0 Å². The third-order valence-corrected chi connectivity index (χ3v) is 4.03. The number of hydrogen-bond acceptors (Lipinski definition) is 5. The van der Waals surface area contributed by atoms with Crippen molar-refractivity contribution in [3.8, 4) is 0 Å². The van der Waals surface area contributed by atoms with Gasteiger partial charge in [0.1, 0.15) is 11.9 Å². The van der Waals surface area contributed by atoms with Gasteiger partial charge >= 0.3 is 0 Å². The highest BCUT2D eigenvalue weighted by atomic mass is 16.5. The van der Waals surface area contributed by atoms with Gasteiger partial charge in [-0.2, -0.15) is 0 Å². The monoisotopic (exact) mass is 292 g/mol. The van der Waals surface area contributed by atoms with Gasteiger partial charge in [-0.25, -0.2) is 9.97 Å². The molecule has 0 spiro atoms. The van der Waals surface area contributed by atoms with Crippen LogP contribution >= 0.6 is 0 Å². The number of aryl methyl sites for hydroxylation is 1. The fourth-order valence-corrected chi connectivity index (χ4v) is 2.63. The van der Waals surface area contributed by atoms with Gasteiger partial charge in [0, 0.05) is 30.9 Å². The van der Waals surface area contributed by atoms with Crippen molar-refractivity contribution in [1.29, 1.82) is 0 Å². The lowest BCUT2D eigenvalue weighted by Gasteiger charge is -2.31. The van der Waals surface area contributed by atoms with E-state index in [0.29, 0.717) is 0 Å². The molecule has 0 aliphatic carbocycles. The number of nitrogens with zero attached hydrogens (tertiary/aromatic N) is 3. The van der Waals surface area contributed by atoms with Crippen LogP contribution in [0.2, 0.25) is 0 Å². The van der Waals surface area contributed by atoms with E-state index in [2.05, 4.69) is 37.9 Å². The molecule has 1 aromatic rings. The quantitative estimate of drug-likeness (QED) is 0.873. The molecule has 2 heterocycles. The first-order valence-corrected chi connectivity index (χ1v) is 8.14. The lowest BCUT2D eigenvalue weighted by atomic mass is 10.1. The summed E-state index contributed by atoms with van der Waals surface area (Å²) in [6.07, 6.45) is 2.00. The van der Waals surface area contributed by atoms with Crippen molar-refractivity contribution in [2.24, 2.45) is 0 Å². The number of aromatic nitrogens is 2. The highest BCUT2D eigenvalue weighted by molar-refractivity contribution is 5.46. The standard InChI is InChI=1S/C16H28N4O/c1-5-8-17-15-12(4)13(6-2)18-16(19-15)14-11-20(7-3)9-10-21-14/h14H,5-11H2,1-4H3,(H,17,18,19). The van der Waals surface area contributed by atoms with Gasteiger partial charge in [0.25, 0.3) is 0 Å². The van der Waals surface area contributed by atoms with Crippen LogP contribution < -0.4 is 5.32 Å². The van der Waals surface area contributed by atoms with E-state index in [0.717, 1.165) is 68.5 Å². The second-order valence-electron chi connectivity index (χ2n) is 5.54. The van der Waals surface area contributed by atoms with Crippen molar-refractivity contribution < 1.29 is 4.74 Å². The van der Waals surface area contributed by atoms with Crippen molar-refractivity contribution in [2.75, 3.05) is 38.1 Å². The van der Waals surface area contributed by atoms with Gasteiger partial charge in [-0.1, -0.05) is 20.8 Å². The Labute approximate surface area is 128 Å². The first-order chi connectivity index (χ1) is 10.2. The van der Waals surface area contributed by atoms with Crippen molar-refractivity contribution in [1.82, 2.24) is 14.9 Å². The number of morpholine rings is 1. The average Bonchev–Trinajstić information content (AvgIpc) is 2.54. The molecule has 1 aliphatic heterocycles. The lowest BCUT2D eigenvalue weighted by molar-refractivity contribution is -0.0326. The van der Waals surface area contributed by atoms with E-state index in [1.807, 2.05) is 0 Å². The molecule has 5 heteroatoms. The van der Waals surface area contributed by atoms with E-state index in [1.165, 1.54) is 0 Å². The highest BCUT2D eigenvalue weighted by Crippen LogP contribution is 2.24. The average molecular weight is 292 g/mol. The number of hydrogen-bond donors (Lipinski definition) is 1. The third kappa shape index (κ3) is 3.92. The van der Waals surface area contributed by atoms with E-state index in [4.69, 9.17) is 14.7 Å². The van der Waals surface area contributed by atoms with Gasteiger partial charge in [-0.15, -0.1) is 0 Å². The molecule has 1 saturated heterocycles. The second-order valence-corrected chi connectivity index (χ2v) is 5.54. The van der Waals surface area contributed by atoms with Gasteiger partial charge in [-0.3, -0.25) is 4.90 Å². The number of nitrogens with one attached hydrogen (secondary N) is 1. The Kier molecular flexibility index (Phi) is 5.94. The van der Waals surface area contributed by atoms with Crippen LogP contribution in [-0.4, -0.2) is 47.7 Å². The SMILES string of the molecule is CCCNc1nc(C2CN(CC)CCO2)nc(CC)c1C. The molecule has 21 heavy (non-hydrogen) atoms. The van der Waals surface area contributed by atoms with Crippen LogP contribution in [0.3, 0.4) is 0 Å². The first-order valence-electron chi connectivity index (χ1n) is 8.14. The molecule has 5 nitrogen and oxygen atoms in total. The summed E-state index contributed by atoms with van der Waals surface area (Å²) in [5.74, 6) is 1.80. The molecule has 0 amide bonds. The summed E-state index contributed by atoms with van der Waals surface area (Å²) in [6.45, 7) is 13.2. The van der Waals surface area contributed by atoms with Crippen molar-refractivity contribution in [3.63, 3.8) is 0 Å². The predicted octanol–water partition coefficient (Wildman–Crippen LogP) is 2.56. The van der Waals surface area contributed by atoms with Gasteiger partial charge in [0.15, 0.2) is 5.82 Å². The zero-order valence-electron chi connectivity index (χ0n) is 13.8. The van der Waals surface area contributed by atoms with Crippen LogP contribution in [-0.2, 0) is 11.2 Å². The minimum absolute atomic E-state index is 0.00761. The van der Waals surface area contributed by atoms with E-state index in [-0.39, 0.29) is 6.10 Å². The highest BCUT2D eigenvalue weighted by Gasteiger charge is 2.24.